The summed E-state index contributed by atoms with van der Waals surface area (Å²) in [5, 5.41) is 6.95. The van der Waals surface area contributed by atoms with E-state index < -0.39 is 0 Å². The number of amides is 1. The molecule has 0 saturated heterocycles. The van der Waals surface area contributed by atoms with Crippen LogP contribution in [0.1, 0.15) is 13.3 Å². The van der Waals surface area contributed by atoms with Crippen molar-refractivity contribution >= 4 is 11.6 Å². The van der Waals surface area contributed by atoms with Gasteiger partial charge in [0, 0.05) is 19.4 Å². The highest BCUT2D eigenvalue weighted by molar-refractivity contribution is 5.95. The first kappa shape index (κ1) is 17.7. The Bertz CT molecular complexity index is 528. The molecule has 1 heterocycles. The summed E-state index contributed by atoms with van der Waals surface area (Å²) in [6, 6.07) is -0.0366. The van der Waals surface area contributed by atoms with Gasteiger partial charge in [-0.05, 0) is 24.1 Å². The maximum absolute atomic E-state index is 11.5. The van der Waals surface area contributed by atoms with Gasteiger partial charge in [0.1, 0.15) is 0 Å². The van der Waals surface area contributed by atoms with Crippen LogP contribution in [0, 0.1) is 0 Å². The van der Waals surface area contributed by atoms with Crippen molar-refractivity contribution in [3.63, 3.8) is 0 Å². The Balaban J connectivity index is 2.59. The van der Waals surface area contributed by atoms with Crippen LogP contribution in [-0.4, -0.2) is 31.4 Å². The van der Waals surface area contributed by atoms with Crippen LogP contribution in [0.25, 0.3) is 0 Å². The van der Waals surface area contributed by atoms with E-state index in [1.165, 1.54) is 6.08 Å². The Morgan fingerprint density at radius 1 is 1.55 bits per heavy atom. The Morgan fingerprint density at radius 2 is 2.36 bits per heavy atom. The van der Waals surface area contributed by atoms with E-state index >= 15 is 0 Å². The van der Waals surface area contributed by atoms with E-state index in [1.807, 2.05) is 24.3 Å². The summed E-state index contributed by atoms with van der Waals surface area (Å²) in [7, 11) is 1.58. The van der Waals surface area contributed by atoms with E-state index in [2.05, 4.69) is 29.3 Å². The lowest BCUT2D eigenvalue weighted by Crippen LogP contribution is -2.28. The predicted octanol–water partition coefficient (Wildman–Crippen LogP) is 2.23. The van der Waals surface area contributed by atoms with Gasteiger partial charge in [-0.1, -0.05) is 37.8 Å². The predicted molar refractivity (Wildman–Crippen MR) is 90.4 cm³/mol. The van der Waals surface area contributed by atoms with Crippen LogP contribution in [0.2, 0.25) is 0 Å². The fourth-order valence-electron chi connectivity index (χ4n) is 1.74. The molecular weight excluding hydrogens is 278 g/mol. The second-order valence-corrected chi connectivity index (χ2v) is 4.52. The maximum Gasteiger partial charge on any atom is 0.247 e. The van der Waals surface area contributed by atoms with E-state index in [1.54, 1.807) is 25.5 Å². The fraction of sp³-hybridized carbons (Fsp3) is 0.294. The number of hydrogen-bond acceptors (Lipinski definition) is 4. The minimum absolute atomic E-state index is 0.0366. The molecule has 0 aromatic rings. The Morgan fingerprint density at radius 3 is 2.95 bits per heavy atom. The summed E-state index contributed by atoms with van der Waals surface area (Å²) >= 11 is 0. The summed E-state index contributed by atoms with van der Waals surface area (Å²) in [6.45, 7) is 6.17. The quantitative estimate of drug-likeness (QED) is 0.534. The number of ether oxygens (including phenoxy) is 1. The molecule has 2 N–H and O–H groups in total. The molecule has 5 nitrogen and oxygen atoms in total. The van der Waals surface area contributed by atoms with Gasteiger partial charge >= 0.3 is 0 Å². The molecule has 5 heteroatoms. The van der Waals surface area contributed by atoms with Crippen molar-refractivity contribution in [3.8, 4) is 0 Å². The normalized spacial score (nSPS) is 18.4. The molecule has 0 aliphatic carbocycles. The Labute approximate surface area is 131 Å². The zero-order chi connectivity index (χ0) is 16.2. The van der Waals surface area contributed by atoms with Gasteiger partial charge in [-0.2, -0.15) is 5.10 Å². The minimum Gasteiger partial charge on any atom is -0.381 e. The van der Waals surface area contributed by atoms with Gasteiger partial charge in [-0.25, -0.2) is 0 Å². The highest BCUT2D eigenvalue weighted by atomic mass is 16.5. The smallest absolute Gasteiger partial charge is 0.247 e. The SMILES string of the molecule is C=C/C=C(\C=C\NC(=O)/C=C/COC)C1C=CC(CC)=NN1. The van der Waals surface area contributed by atoms with Crippen molar-refractivity contribution in [1.82, 2.24) is 10.7 Å². The number of methoxy groups -OCH3 is 1. The zero-order valence-electron chi connectivity index (χ0n) is 13.1. The lowest BCUT2D eigenvalue weighted by molar-refractivity contribution is -0.115. The van der Waals surface area contributed by atoms with Gasteiger partial charge in [-0.15, -0.1) is 0 Å². The molecule has 1 aliphatic rings. The van der Waals surface area contributed by atoms with Crippen LogP contribution in [0.15, 0.2) is 66.0 Å². The zero-order valence-corrected chi connectivity index (χ0v) is 13.1. The Hall–Kier alpha value is -2.40. The molecule has 118 valence electrons. The molecule has 0 spiro atoms. The summed E-state index contributed by atoms with van der Waals surface area (Å²) < 4.78 is 4.83. The maximum atomic E-state index is 11.5. The number of hydrogen-bond donors (Lipinski definition) is 2. The van der Waals surface area contributed by atoms with Crippen LogP contribution in [0.4, 0.5) is 0 Å². The van der Waals surface area contributed by atoms with Gasteiger partial charge < -0.3 is 10.1 Å². The first-order chi connectivity index (χ1) is 10.7. The summed E-state index contributed by atoms with van der Waals surface area (Å²) in [6.07, 6.45) is 15.0. The van der Waals surface area contributed by atoms with Crippen molar-refractivity contribution in [3.05, 3.63) is 60.9 Å². The molecule has 0 aromatic carbocycles. The van der Waals surface area contributed by atoms with Crippen LogP contribution in [-0.2, 0) is 9.53 Å². The molecule has 0 fully saturated rings. The van der Waals surface area contributed by atoms with E-state index in [0.717, 1.165) is 17.7 Å². The van der Waals surface area contributed by atoms with Crippen LogP contribution in [0.3, 0.4) is 0 Å². The van der Waals surface area contributed by atoms with Crippen molar-refractivity contribution < 1.29 is 9.53 Å². The van der Waals surface area contributed by atoms with E-state index in [0.29, 0.717) is 6.61 Å². The summed E-state index contributed by atoms with van der Waals surface area (Å²) in [5.74, 6) is -0.204. The summed E-state index contributed by atoms with van der Waals surface area (Å²) in [4.78, 5) is 11.5. The number of hydrazone groups is 1. The highest BCUT2D eigenvalue weighted by Crippen LogP contribution is 2.10. The largest absolute Gasteiger partial charge is 0.381 e. The highest BCUT2D eigenvalue weighted by Gasteiger charge is 2.10. The van der Waals surface area contributed by atoms with Crippen LogP contribution in [0.5, 0.6) is 0 Å². The lowest BCUT2D eigenvalue weighted by atomic mass is 10.0. The monoisotopic (exact) mass is 301 g/mol. The molecule has 1 amide bonds. The second-order valence-electron chi connectivity index (χ2n) is 4.52. The van der Waals surface area contributed by atoms with Gasteiger partial charge in [-0.3, -0.25) is 10.2 Å². The molecule has 1 atom stereocenters. The number of carbonyl (C=O) groups is 1. The molecule has 0 aromatic heterocycles. The van der Waals surface area contributed by atoms with E-state index in [9.17, 15) is 4.79 Å². The number of allylic oxidation sites excluding steroid dienone is 3. The summed E-state index contributed by atoms with van der Waals surface area (Å²) in [5.41, 5.74) is 5.03. The van der Waals surface area contributed by atoms with Crippen molar-refractivity contribution in [2.75, 3.05) is 13.7 Å². The third-order valence-corrected chi connectivity index (χ3v) is 2.89. The van der Waals surface area contributed by atoms with Crippen molar-refractivity contribution in [2.24, 2.45) is 5.10 Å². The molecule has 0 saturated carbocycles. The number of nitrogens with one attached hydrogen (secondary N) is 2. The average Bonchev–Trinajstić information content (AvgIpc) is 2.54. The molecule has 22 heavy (non-hydrogen) atoms. The first-order valence-electron chi connectivity index (χ1n) is 7.16. The topological polar surface area (TPSA) is 62.7 Å². The third kappa shape index (κ3) is 6.37. The molecular formula is C17H23N3O2. The average molecular weight is 301 g/mol. The van der Waals surface area contributed by atoms with Gasteiger partial charge in [0.25, 0.3) is 0 Å². The van der Waals surface area contributed by atoms with Crippen molar-refractivity contribution in [1.29, 1.82) is 0 Å². The Kier molecular flexibility index (Phi) is 8.30. The van der Waals surface area contributed by atoms with Gasteiger partial charge in [0.05, 0.1) is 18.4 Å². The van der Waals surface area contributed by atoms with Crippen LogP contribution >= 0.6 is 0 Å². The first-order valence-corrected chi connectivity index (χ1v) is 7.16. The lowest BCUT2D eigenvalue weighted by Gasteiger charge is -2.18. The van der Waals surface area contributed by atoms with Gasteiger partial charge in [0.15, 0.2) is 0 Å². The fourth-order valence-corrected chi connectivity index (χ4v) is 1.74. The van der Waals surface area contributed by atoms with Gasteiger partial charge in [0.2, 0.25) is 5.91 Å². The third-order valence-electron chi connectivity index (χ3n) is 2.89. The minimum atomic E-state index is -0.204. The van der Waals surface area contributed by atoms with Crippen LogP contribution < -0.4 is 10.7 Å². The number of rotatable bonds is 8. The number of carbonyl (C=O) groups excluding carboxylic acids is 1. The molecule has 1 aliphatic heterocycles. The standard InChI is InChI=1S/C17H23N3O2/c1-4-7-14(16-10-9-15(5-2)19-20-16)11-12-18-17(21)8-6-13-22-3/h4,6-12,16,20H,1,5,13H2,2-3H3,(H,18,21)/b8-6+,12-11+,14-7+. The molecule has 1 rings (SSSR count). The van der Waals surface area contributed by atoms with E-state index in [4.69, 9.17) is 4.74 Å². The molecule has 1 unspecified atom stereocenters. The molecule has 0 bridgehead atoms. The second kappa shape index (κ2) is 10.3. The van der Waals surface area contributed by atoms with Crippen molar-refractivity contribution in [2.45, 2.75) is 19.4 Å². The number of nitrogens with zero attached hydrogens (tertiary/aromatic N) is 1. The molecule has 0 radical (unpaired) electrons. The van der Waals surface area contributed by atoms with E-state index in [-0.39, 0.29) is 11.9 Å².